The largest absolute Gasteiger partial charge is 0.495 e. The van der Waals surface area contributed by atoms with Gasteiger partial charge in [0.25, 0.3) is 0 Å². The Morgan fingerprint density at radius 1 is 1.12 bits per heavy atom. The van der Waals surface area contributed by atoms with Crippen molar-refractivity contribution in [2.45, 2.75) is 6.92 Å². The number of rotatable bonds is 3. The third kappa shape index (κ3) is 4.17. The van der Waals surface area contributed by atoms with Gasteiger partial charge in [-0.05, 0) is 42.8 Å². The van der Waals surface area contributed by atoms with Crippen LogP contribution >= 0.6 is 11.6 Å². The summed E-state index contributed by atoms with van der Waals surface area (Å²) in [4.78, 5) is 16.6. The van der Waals surface area contributed by atoms with Crippen LogP contribution in [-0.4, -0.2) is 44.2 Å². The van der Waals surface area contributed by atoms with E-state index in [0.717, 1.165) is 29.4 Å². The van der Waals surface area contributed by atoms with E-state index in [1.165, 1.54) is 0 Å². The zero-order chi connectivity index (χ0) is 17.8. The number of urea groups is 1. The lowest BCUT2D eigenvalue weighted by molar-refractivity contribution is 0.208. The lowest BCUT2D eigenvalue weighted by Gasteiger charge is -2.36. The van der Waals surface area contributed by atoms with Crippen LogP contribution in [-0.2, 0) is 0 Å². The Morgan fingerprint density at radius 2 is 1.88 bits per heavy atom. The van der Waals surface area contributed by atoms with Crippen molar-refractivity contribution in [1.29, 1.82) is 0 Å². The van der Waals surface area contributed by atoms with E-state index in [2.05, 4.69) is 10.2 Å². The minimum absolute atomic E-state index is 0.102. The van der Waals surface area contributed by atoms with Gasteiger partial charge in [-0.1, -0.05) is 23.7 Å². The predicted molar refractivity (Wildman–Crippen MR) is 102 cm³/mol. The van der Waals surface area contributed by atoms with Gasteiger partial charge in [0.1, 0.15) is 5.75 Å². The lowest BCUT2D eigenvalue weighted by Crippen LogP contribution is -2.50. The number of hydrogen-bond donors (Lipinski definition) is 1. The van der Waals surface area contributed by atoms with Crippen molar-refractivity contribution in [2.24, 2.45) is 0 Å². The molecule has 5 nitrogen and oxygen atoms in total. The number of ether oxygens (including phenoxy) is 1. The molecule has 3 rings (SSSR count). The maximum atomic E-state index is 12.6. The molecule has 2 aromatic rings. The molecule has 132 valence electrons. The number of halogens is 1. The highest BCUT2D eigenvalue weighted by Gasteiger charge is 2.22. The molecule has 1 N–H and O–H groups in total. The van der Waals surface area contributed by atoms with Crippen LogP contribution < -0.4 is 15.0 Å². The van der Waals surface area contributed by atoms with E-state index in [0.29, 0.717) is 24.5 Å². The summed E-state index contributed by atoms with van der Waals surface area (Å²) < 4.78 is 5.32. The highest BCUT2D eigenvalue weighted by atomic mass is 35.5. The molecule has 0 atom stereocenters. The van der Waals surface area contributed by atoms with Gasteiger partial charge < -0.3 is 19.9 Å². The fraction of sp³-hybridized carbons (Fsp3) is 0.316. The van der Waals surface area contributed by atoms with E-state index < -0.39 is 0 Å². The summed E-state index contributed by atoms with van der Waals surface area (Å²) in [7, 11) is 1.60. The van der Waals surface area contributed by atoms with Gasteiger partial charge in [0.05, 0.1) is 12.8 Å². The second-order valence-electron chi connectivity index (χ2n) is 6.09. The van der Waals surface area contributed by atoms with E-state index in [-0.39, 0.29) is 6.03 Å². The molecule has 1 aliphatic heterocycles. The normalized spacial score (nSPS) is 14.4. The minimum atomic E-state index is -0.102. The monoisotopic (exact) mass is 359 g/mol. The molecule has 1 heterocycles. The third-order valence-corrected chi connectivity index (χ3v) is 4.57. The zero-order valence-electron chi connectivity index (χ0n) is 14.5. The first-order valence-electron chi connectivity index (χ1n) is 8.28. The number of aryl methyl sites for hydroxylation is 1. The molecule has 0 bridgehead atoms. The van der Waals surface area contributed by atoms with Crippen LogP contribution in [0.5, 0.6) is 5.75 Å². The molecule has 0 radical (unpaired) electrons. The van der Waals surface area contributed by atoms with Crippen LogP contribution in [0.25, 0.3) is 0 Å². The highest BCUT2D eigenvalue weighted by molar-refractivity contribution is 6.30. The zero-order valence-corrected chi connectivity index (χ0v) is 15.2. The molecule has 0 unspecified atom stereocenters. The number of nitrogens with zero attached hydrogens (tertiary/aromatic N) is 2. The van der Waals surface area contributed by atoms with Crippen molar-refractivity contribution < 1.29 is 9.53 Å². The minimum Gasteiger partial charge on any atom is -0.495 e. The van der Waals surface area contributed by atoms with Crippen LogP contribution in [0.4, 0.5) is 16.2 Å². The van der Waals surface area contributed by atoms with Crippen LogP contribution in [0.3, 0.4) is 0 Å². The number of amides is 2. The summed E-state index contributed by atoms with van der Waals surface area (Å²) in [6, 6.07) is 13.4. The van der Waals surface area contributed by atoms with Crippen molar-refractivity contribution in [3.05, 3.63) is 53.1 Å². The molecular formula is C19H22ClN3O2. The summed E-state index contributed by atoms with van der Waals surface area (Å²) in [6.07, 6.45) is 0. The molecule has 1 aliphatic rings. The van der Waals surface area contributed by atoms with Gasteiger partial charge in [0.15, 0.2) is 0 Å². The number of nitrogens with one attached hydrogen (secondary N) is 1. The predicted octanol–water partition coefficient (Wildman–Crippen LogP) is 4.01. The summed E-state index contributed by atoms with van der Waals surface area (Å²) in [5, 5.41) is 3.68. The highest BCUT2D eigenvalue weighted by Crippen LogP contribution is 2.26. The van der Waals surface area contributed by atoms with Crippen LogP contribution in [0.1, 0.15) is 5.56 Å². The van der Waals surface area contributed by atoms with Gasteiger partial charge in [-0.25, -0.2) is 4.79 Å². The van der Waals surface area contributed by atoms with E-state index in [9.17, 15) is 4.79 Å². The van der Waals surface area contributed by atoms with Crippen molar-refractivity contribution in [2.75, 3.05) is 43.5 Å². The summed E-state index contributed by atoms with van der Waals surface area (Å²) in [5.74, 6) is 0.663. The Balaban J connectivity index is 1.61. The summed E-state index contributed by atoms with van der Waals surface area (Å²) >= 11 is 6.06. The molecule has 25 heavy (non-hydrogen) atoms. The van der Waals surface area contributed by atoms with Gasteiger partial charge in [-0.3, -0.25) is 0 Å². The number of carbonyl (C=O) groups excluding carboxylic acids is 1. The number of piperazine rings is 1. The lowest BCUT2D eigenvalue weighted by atomic mass is 10.2. The van der Waals surface area contributed by atoms with E-state index in [1.54, 1.807) is 7.11 Å². The first-order valence-corrected chi connectivity index (χ1v) is 8.65. The van der Waals surface area contributed by atoms with Crippen molar-refractivity contribution in [3.63, 3.8) is 0 Å². The smallest absolute Gasteiger partial charge is 0.322 e. The number of methoxy groups -OCH3 is 1. The number of benzene rings is 2. The first-order chi connectivity index (χ1) is 12.1. The average molecular weight is 360 g/mol. The van der Waals surface area contributed by atoms with Gasteiger partial charge in [-0.2, -0.15) is 0 Å². The van der Waals surface area contributed by atoms with Crippen LogP contribution in [0.2, 0.25) is 5.02 Å². The molecule has 0 saturated carbocycles. The van der Waals surface area contributed by atoms with Crippen molar-refractivity contribution in [3.8, 4) is 5.75 Å². The van der Waals surface area contributed by atoms with Gasteiger partial charge in [0.2, 0.25) is 0 Å². The molecule has 1 fully saturated rings. The number of hydrogen-bond acceptors (Lipinski definition) is 3. The molecule has 2 amide bonds. The Kier molecular flexibility index (Phi) is 5.34. The Labute approximate surface area is 153 Å². The standard InChI is InChI=1S/C19H22ClN3O2/c1-14-6-7-18(25-2)17(12-14)21-19(24)23-10-8-22(9-11-23)16-5-3-4-15(20)13-16/h3-7,12-13H,8-11H2,1-2H3,(H,21,24). The molecular weight excluding hydrogens is 338 g/mol. The topological polar surface area (TPSA) is 44.8 Å². The van der Waals surface area contributed by atoms with Gasteiger partial charge in [0, 0.05) is 36.9 Å². The Morgan fingerprint density at radius 3 is 2.56 bits per heavy atom. The van der Waals surface area contributed by atoms with Crippen LogP contribution in [0, 0.1) is 6.92 Å². The maximum Gasteiger partial charge on any atom is 0.322 e. The number of anilines is 2. The molecule has 0 aromatic heterocycles. The second-order valence-corrected chi connectivity index (χ2v) is 6.52. The maximum absolute atomic E-state index is 12.6. The Hall–Kier alpha value is -2.40. The fourth-order valence-electron chi connectivity index (χ4n) is 2.95. The van der Waals surface area contributed by atoms with Crippen molar-refractivity contribution in [1.82, 2.24) is 4.90 Å². The van der Waals surface area contributed by atoms with E-state index in [4.69, 9.17) is 16.3 Å². The summed E-state index contributed by atoms with van der Waals surface area (Å²) in [5.41, 5.74) is 2.86. The van der Waals surface area contributed by atoms with Gasteiger partial charge in [-0.15, -0.1) is 0 Å². The molecule has 6 heteroatoms. The van der Waals surface area contributed by atoms with E-state index >= 15 is 0 Å². The summed E-state index contributed by atoms with van der Waals surface area (Å²) in [6.45, 7) is 4.86. The van der Waals surface area contributed by atoms with Crippen molar-refractivity contribution >= 4 is 29.0 Å². The average Bonchev–Trinajstić information content (AvgIpc) is 2.62. The number of carbonyl (C=O) groups is 1. The second kappa shape index (κ2) is 7.66. The molecule has 0 spiro atoms. The fourth-order valence-corrected chi connectivity index (χ4v) is 3.14. The molecule has 2 aromatic carbocycles. The van der Waals surface area contributed by atoms with E-state index in [1.807, 2.05) is 54.3 Å². The van der Waals surface area contributed by atoms with Gasteiger partial charge >= 0.3 is 6.03 Å². The molecule has 0 aliphatic carbocycles. The SMILES string of the molecule is COc1ccc(C)cc1NC(=O)N1CCN(c2cccc(Cl)c2)CC1. The third-order valence-electron chi connectivity index (χ3n) is 4.34. The van der Waals surface area contributed by atoms with Crippen LogP contribution in [0.15, 0.2) is 42.5 Å². The quantitative estimate of drug-likeness (QED) is 0.900. The first kappa shape index (κ1) is 17.4. The Bertz CT molecular complexity index is 758. The molecule has 1 saturated heterocycles.